The van der Waals surface area contributed by atoms with E-state index in [4.69, 9.17) is 5.73 Å². The van der Waals surface area contributed by atoms with Crippen molar-refractivity contribution in [2.75, 3.05) is 5.73 Å². The highest BCUT2D eigenvalue weighted by molar-refractivity contribution is 5.93. The van der Waals surface area contributed by atoms with Gasteiger partial charge in [0.1, 0.15) is 0 Å². The summed E-state index contributed by atoms with van der Waals surface area (Å²) in [6.45, 7) is 3.57. The van der Waals surface area contributed by atoms with Gasteiger partial charge in [-0.1, -0.05) is 0 Å². The number of nitrogens with two attached hydrogens (primary N) is 1. The molecule has 0 fully saturated rings. The number of H-pyrrole nitrogens is 1. The van der Waals surface area contributed by atoms with Crippen LogP contribution in [-0.4, -0.2) is 25.9 Å². The quantitative estimate of drug-likeness (QED) is 0.709. The maximum atomic E-state index is 11.8. The highest BCUT2D eigenvalue weighted by atomic mass is 16.2. The Morgan fingerprint density at radius 3 is 2.73 bits per heavy atom. The van der Waals surface area contributed by atoms with Crippen molar-refractivity contribution in [3.63, 3.8) is 0 Å². The molecular formula is C9H11N5O. The van der Waals surface area contributed by atoms with Gasteiger partial charge in [-0.25, -0.2) is 4.68 Å². The summed E-state index contributed by atoms with van der Waals surface area (Å²) in [5, 5.41) is 10.5. The van der Waals surface area contributed by atoms with Crippen LogP contribution in [0.4, 0.5) is 5.69 Å². The van der Waals surface area contributed by atoms with E-state index in [1.807, 2.05) is 6.92 Å². The lowest BCUT2D eigenvalue weighted by atomic mass is 10.3. The molecule has 2 aromatic rings. The number of aromatic amines is 1. The Kier molecular flexibility index (Phi) is 2.03. The zero-order chi connectivity index (χ0) is 11.0. The lowest BCUT2D eigenvalue weighted by Crippen LogP contribution is -2.13. The molecule has 2 heterocycles. The first-order valence-corrected chi connectivity index (χ1v) is 4.46. The average molecular weight is 205 g/mol. The summed E-state index contributed by atoms with van der Waals surface area (Å²) >= 11 is 0. The maximum Gasteiger partial charge on any atom is 0.298 e. The monoisotopic (exact) mass is 205 g/mol. The number of nitrogen functional groups attached to an aromatic ring is 1. The number of rotatable bonds is 1. The normalized spacial score (nSPS) is 10.5. The molecule has 0 unspecified atom stereocenters. The van der Waals surface area contributed by atoms with Crippen molar-refractivity contribution in [1.29, 1.82) is 0 Å². The third-order valence-corrected chi connectivity index (χ3v) is 2.07. The third-order valence-electron chi connectivity index (χ3n) is 2.07. The first-order valence-electron chi connectivity index (χ1n) is 4.46. The number of hydrogen-bond donors (Lipinski definition) is 2. The number of carbonyl (C=O) groups is 1. The van der Waals surface area contributed by atoms with Crippen molar-refractivity contribution >= 4 is 11.6 Å². The molecule has 0 aromatic carbocycles. The third kappa shape index (κ3) is 1.61. The molecule has 2 aromatic heterocycles. The molecule has 6 nitrogen and oxygen atoms in total. The first kappa shape index (κ1) is 9.45. The van der Waals surface area contributed by atoms with Gasteiger partial charge in [0.2, 0.25) is 0 Å². The number of hydrogen-bond acceptors (Lipinski definition) is 4. The van der Waals surface area contributed by atoms with Gasteiger partial charge in [-0.2, -0.15) is 10.2 Å². The van der Waals surface area contributed by atoms with Crippen LogP contribution in [0.25, 0.3) is 0 Å². The van der Waals surface area contributed by atoms with Gasteiger partial charge in [-0.3, -0.25) is 9.89 Å². The maximum absolute atomic E-state index is 11.8. The van der Waals surface area contributed by atoms with Crippen molar-refractivity contribution < 1.29 is 4.79 Å². The van der Waals surface area contributed by atoms with E-state index < -0.39 is 0 Å². The minimum Gasteiger partial charge on any atom is -0.396 e. The van der Waals surface area contributed by atoms with Crippen LogP contribution in [0.15, 0.2) is 12.3 Å². The first-order chi connectivity index (χ1) is 7.08. The zero-order valence-corrected chi connectivity index (χ0v) is 8.48. The van der Waals surface area contributed by atoms with Gasteiger partial charge in [0.15, 0.2) is 5.69 Å². The molecule has 0 aliphatic rings. The van der Waals surface area contributed by atoms with Crippen molar-refractivity contribution in [3.8, 4) is 0 Å². The minimum absolute atomic E-state index is 0.292. The van der Waals surface area contributed by atoms with Crippen LogP contribution in [0.3, 0.4) is 0 Å². The highest BCUT2D eigenvalue weighted by Gasteiger charge is 2.13. The van der Waals surface area contributed by atoms with Crippen LogP contribution in [0.2, 0.25) is 0 Å². The van der Waals surface area contributed by atoms with Gasteiger partial charge < -0.3 is 5.73 Å². The Morgan fingerprint density at radius 2 is 2.27 bits per heavy atom. The van der Waals surface area contributed by atoms with E-state index in [-0.39, 0.29) is 5.91 Å². The molecule has 0 saturated heterocycles. The minimum atomic E-state index is -0.292. The van der Waals surface area contributed by atoms with Gasteiger partial charge >= 0.3 is 0 Å². The van der Waals surface area contributed by atoms with Gasteiger partial charge in [0.05, 0.1) is 17.6 Å². The summed E-state index contributed by atoms with van der Waals surface area (Å²) in [6.07, 6.45) is 1.49. The second kappa shape index (κ2) is 3.23. The van der Waals surface area contributed by atoms with Crippen LogP contribution in [0, 0.1) is 13.8 Å². The molecule has 0 radical (unpaired) electrons. The summed E-state index contributed by atoms with van der Waals surface area (Å²) < 4.78 is 1.19. The predicted octanol–water partition coefficient (Wildman–Crippen LogP) is 0.494. The van der Waals surface area contributed by atoms with Crippen molar-refractivity contribution in [2.45, 2.75) is 13.8 Å². The van der Waals surface area contributed by atoms with Crippen LogP contribution in [0.5, 0.6) is 0 Å². The summed E-state index contributed by atoms with van der Waals surface area (Å²) in [6, 6.07) is 1.66. The second-order valence-corrected chi connectivity index (χ2v) is 3.36. The van der Waals surface area contributed by atoms with Crippen molar-refractivity contribution in [3.05, 3.63) is 29.3 Å². The lowest BCUT2D eigenvalue weighted by Gasteiger charge is -1.93. The number of nitrogens with one attached hydrogen (secondary N) is 1. The molecule has 15 heavy (non-hydrogen) atoms. The molecule has 3 N–H and O–H groups in total. The van der Waals surface area contributed by atoms with Crippen LogP contribution < -0.4 is 5.73 Å². The van der Waals surface area contributed by atoms with E-state index in [0.29, 0.717) is 17.1 Å². The molecule has 0 spiro atoms. The summed E-state index contributed by atoms with van der Waals surface area (Å²) in [7, 11) is 0. The Balaban J connectivity index is 2.36. The number of aromatic nitrogens is 4. The van der Waals surface area contributed by atoms with E-state index in [0.717, 1.165) is 5.69 Å². The van der Waals surface area contributed by atoms with Gasteiger partial charge in [0, 0.05) is 5.69 Å². The number of aryl methyl sites for hydroxylation is 2. The Morgan fingerprint density at radius 1 is 1.53 bits per heavy atom. The predicted molar refractivity (Wildman–Crippen MR) is 54.4 cm³/mol. The average Bonchev–Trinajstić information content (AvgIpc) is 2.74. The SMILES string of the molecule is Cc1cc(C(=O)n2cc(N)c(C)n2)n[nH]1. The fourth-order valence-electron chi connectivity index (χ4n) is 1.22. The van der Waals surface area contributed by atoms with E-state index in [2.05, 4.69) is 15.3 Å². The van der Waals surface area contributed by atoms with E-state index in [9.17, 15) is 4.79 Å². The lowest BCUT2D eigenvalue weighted by molar-refractivity contribution is 0.0939. The Hall–Kier alpha value is -2.11. The molecule has 2 rings (SSSR count). The number of nitrogens with zero attached hydrogens (tertiary/aromatic N) is 3. The Labute approximate surface area is 86.1 Å². The van der Waals surface area contributed by atoms with Crippen molar-refractivity contribution in [1.82, 2.24) is 20.0 Å². The standard InChI is InChI=1S/C9H11N5O/c1-5-3-8(12-11-5)9(15)14-4-7(10)6(2)13-14/h3-4H,10H2,1-2H3,(H,11,12). The fourth-order valence-corrected chi connectivity index (χ4v) is 1.22. The van der Waals surface area contributed by atoms with Crippen molar-refractivity contribution in [2.24, 2.45) is 0 Å². The summed E-state index contributed by atoms with van der Waals surface area (Å²) in [5.41, 5.74) is 7.89. The molecule has 0 atom stereocenters. The van der Waals surface area contributed by atoms with E-state index in [1.165, 1.54) is 10.9 Å². The van der Waals surface area contributed by atoms with Gasteiger partial charge in [-0.05, 0) is 19.9 Å². The van der Waals surface area contributed by atoms with Crippen LogP contribution in [0.1, 0.15) is 21.9 Å². The molecule has 78 valence electrons. The molecule has 0 amide bonds. The second-order valence-electron chi connectivity index (χ2n) is 3.36. The smallest absolute Gasteiger partial charge is 0.298 e. The highest BCUT2D eigenvalue weighted by Crippen LogP contribution is 2.08. The number of anilines is 1. The Bertz CT molecular complexity index is 491. The molecule has 0 bridgehead atoms. The summed E-state index contributed by atoms with van der Waals surface area (Å²) in [4.78, 5) is 11.8. The topological polar surface area (TPSA) is 89.6 Å². The zero-order valence-electron chi connectivity index (χ0n) is 8.48. The van der Waals surface area contributed by atoms with Crippen LogP contribution in [-0.2, 0) is 0 Å². The molecule has 0 aliphatic carbocycles. The van der Waals surface area contributed by atoms with Crippen LogP contribution >= 0.6 is 0 Å². The summed E-state index contributed by atoms with van der Waals surface area (Å²) in [5.74, 6) is -0.292. The van der Waals surface area contributed by atoms with Gasteiger partial charge in [-0.15, -0.1) is 0 Å². The van der Waals surface area contributed by atoms with E-state index >= 15 is 0 Å². The molecule has 6 heteroatoms. The van der Waals surface area contributed by atoms with E-state index in [1.54, 1.807) is 13.0 Å². The molecular weight excluding hydrogens is 194 g/mol. The largest absolute Gasteiger partial charge is 0.396 e. The van der Waals surface area contributed by atoms with Gasteiger partial charge in [0.25, 0.3) is 5.91 Å². The molecule has 0 aliphatic heterocycles. The number of carbonyl (C=O) groups excluding carboxylic acids is 1. The fraction of sp³-hybridized carbons (Fsp3) is 0.222. The molecule has 0 saturated carbocycles.